The fraction of sp³-hybridized carbons (Fsp3) is 0.270. The highest BCUT2D eigenvalue weighted by atomic mass is 15.2. The standard InChI is InChI=1S/C74H79N3/c1-42-34-36-63(37-35-42)75-68-32-22-20-30-66(68)74(67-31-21-23-33-69(67)75,61-26-24-28-64(40-61)76(70-47(6)43(2)38-44(3)48(70)7)72-57(16)53(12)51(10)54(13)58(72)17)62-27-25-29-65(41-62)77(71-49(8)45(4)39-46(5)50(71)9)73-59(18)55(14)52(11)56(15)60(73)19/h20-41H,1-19H3. The second kappa shape index (κ2) is 19.7. The molecule has 0 unspecified atom stereocenters. The van der Waals surface area contributed by atoms with Crippen LogP contribution in [-0.4, -0.2) is 0 Å². The summed E-state index contributed by atoms with van der Waals surface area (Å²) < 4.78 is 0. The van der Waals surface area contributed by atoms with Gasteiger partial charge in [0.2, 0.25) is 0 Å². The molecular weight excluding hydrogens is 931 g/mol. The van der Waals surface area contributed by atoms with E-state index in [2.05, 4.69) is 280 Å². The van der Waals surface area contributed by atoms with Crippen LogP contribution in [0.1, 0.15) is 128 Å². The molecule has 9 aromatic carbocycles. The predicted octanol–water partition coefficient (Wildman–Crippen LogP) is 20.7. The average molecular weight is 1010 g/mol. The summed E-state index contributed by atoms with van der Waals surface area (Å²) in [7, 11) is 0. The summed E-state index contributed by atoms with van der Waals surface area (Å²) >= 11 is 0. The lowest BCUT2D eigenvalue weighted by Crippen LogP contribution is -2.38. The molecular formula is C74H79N3. The third-order valence-corrected chi connectivity index (χ3v) is 18.9. The second-order valence-electron chi connectivity index (χ2n) is 22.9. The topological polar surface area (TPSA) is 9.72 Å². The second-order valence-corrected chi connectivity index (χ2v) is 22.9. The summed E-state index contributed by atoms with van der Waals surface area (Å²) in [6, 6.07) is 51.4. The van der Waals surface area contributed by atoms with E-state index in [0.717, 1.165) is 28.4 Å². The zero-order valence-electron chi connectivity index (χ0n) is 49.5. The van der Waals surface area contributed by atoms with E-state index in [9.17, 15) is 0 Å². The number of aryl methyl sites for hydroxylation is 5. The highest BCUT2D eigenvalue weighted by molar-refractivity contribution is 5.93. The van der Waals surface area contributed by atoms with Gasteiger partial charge >= 0.3 is 0 Å². The van der Waals surface area contributed by atoms with Crippen molar-refractivity contribution in [2.75, 3.05) is 14.7 Å². The SMILES string of the molecule is Cc1ccc(N2c3ccccc3C(c3cccc(N(c4c(C)c(C)cc(C)c4C)c4c(C)c(C)c(C)c(C)c4C)c3)(c3cccc(N(c4c(C)c(C)cc(C)c4C)c4c(C)c(C)c(C)c(C)c4C)c3)c3ccccc32)cc1. The molecule has 0 radical (unpaired) electrons. The molecule has 0 bridgehead atoms. The molecule has 0 aromatic heterocycles. The number of benzene rings is 9. The molecule has 0 saturated carbocycles. The molecule has 10 rings (SSSR count). The molecule has 9 aromatic rings. The molecule has 3 heteroatoms. The molecule has 0 aliphatic carbocycles. The van der Waals surface area contributed by atoms with Crippen LogP contribution < -0.4 is 14.7 Å². The van der Waals surface area contributed by atoms with Gasteiger partial charge in [0, 0.05) is 17.1 Å². The van der Waals surface area contributed by atoms with Crippen LogP contribution in [0.3, 0.4) is 0 Å². The van der Waals surface area contributed by atoms with E-state index in [-0.39, 0.29) is 0 Å². The number of fused-ring (bicyclic) bond motifs is 2. The smallest absolute Gasteiger partial charge is 0.0743 e. The zero-order chi connectivity index (χ0) is 55.3. The zero-order valence-corrected chi connectivity index (χ0v) is 49.5. The van der Waals surface area contributed by atoms with Gasteiger partial charge in [-0.15, -0.1) is 0 Å². The quantitative estimate of drug-likeness (QED) is 0.143. The largest absolute Gasteiger partial charge is 0.310 e. The minimum Gasteiger partial charge on any atom is -0.310 e. The van der Waals surface area contributed by atoms with Gasteiger partial charge < -0.3 is 14.7 Å². The molecule has 1 aliphatic rings. The Balaban J connectivity index is 1.37. The fourth-order valence-corrected chi connectivity index (χ4v) is 13.2. The van der Waals surface area contributed by atoms with Crippen LogP contribution in [0.5, 0.6) is 0 Å². The van der Waals surface area contributed by atoms with Gasteiger partial charge in [0.05, 0.1) is 39.5 Å². The van der Waals surface area contributed by atoms with Crippen molar-refractivity contribution >= 4 is 51.2 Å². The van der Waals surface area contributed by atoms with Gasteiger partial charge in [0.25, 0.3) is 0 Å². The summed E-state index contributed by atoms with van der Waals surface area (Å²) in [5, 5.41) is 0. The van der Waals surface area contributed by atoms with Crippen molar-refractivity contribution in [3.05, 3.63) is 261 Å². The molecule has 0 saturated heterocycles. The first-order valence-electron chi connectivity index (χ1n) is 27.8. The lowest BCUT2D eigenvalue weighted by atomic mass is 9.62. The van der Waals surface area contributed by atoms with Crippen molar-refractivity contribution in [3.8, 4) is 0 Å². The molecule has 1 heterocycles. The van der Waals surface area contributed by atoms with Crippen LogP contribution in [0.4, 0.5) is 51.2 Å². The van der Waals surface area contributed by atoms with Crippen molar-refractivity contribution in [2.45, 2.75) is 137 Å². The van der Waals surface area contributed by atoms with Gasteiger partial charge in [-0.25, -0.2) is 0 Å². The monoisotopic (exact) mass is 1010 g/mol. The van der Waals surface area contributed by atoms with Crippen molar-refractivity contribution < 1.29 is 0 Å². The fourth-order valence-electron chi connectivity index (χ4n) is 13.2. The van der Waals surface area contributed by atoms with Gasteiger partial charge in [-0.2, -0.15) is 0 Å². The lowest BCUT2D eigenvalue weighted by molar-refractivity contribution is 0.731. The number of rotatable bonds is 9. The van der Waals surface area contributed by atoms with Gasteiger partial charge in [0.1, 0.15) is 0 Å². The molecule has 77 heavy (non-hydrogen) atoms. The van der Waals surface area contributed by atoms with Crippen molar-refractivity contribution in [2.24, 2.45) is 0 Å². The van der Waals surface area contributed by atoms with E-state index in [0.29, 0.717) is 0 Å². The summed E-state index contributed by atoms with van der Waals surface area (Å²) in [4.78, 5) is 7.75. The van der Waals surface area contributed by atoms with Crippen LogP contribution in [0.2, 0.25) is 0 Å². The summed E-state index contributed by atoms with van der Waals surface area (Å²) in [6.45, 7) is 43.7. The van der Waals surface area contributed by atoms with Crippen molar-refractivity contribution in [3.63, 3.8) is 0 Å². The van der Waals surface area contributed by atoms with Crippen LogP contribution in [0.25, 0.3) is 0 Å². The van der Waals surface area contributed by atoms with Crippen LogP contribution >= 0.6 is 0 Å². The van der Waals surface area contributed by atoms with E-state index < -0.39 is 5.41 Å². The first-order valence-corrected chi connectivity index (χ1v) is 27.8. The van der Waals surface area contributed by atoms with Gasteiger partial charge in [0.15, 0.2) is 0 Å². The third-order valence-electron chi connectivity index (χ3n) is 18.9. The maximum Gasteiger partial charge on any atom is 0.0743 e. The van der Waals surface area contributed by atoms with Crippen molar-refractivity contribution in [1.29, 1.82) is 0 Å². The minimum atomic E-state index is -0.802. The Morgan fingerprint density at radius 1 is 0.286 bits per heavy atom. The van der Waals surface area contributed by atoms with Crippen molar-refractivity contribution in [1.82, 2.24) is 0 Å². The van der Waals surface area contributed by atoms with E-state index >= 15 is 0 Å². The van der Waals surface area contributed by atoms with Gasteiger partial charge in [-0.05, 0) is 302 Å². The number of anilines is 9. The Morgan fingerprint density at radius 3 is 0.948 bits per heavy atom. The van der Waals surface area contributed by atoms with Crippen LogP contribution in [0, 0.1) is 132 Å². The Kier molecular flexibility index (Phi) is 13.5. The summed E-state index contributed by atoms with van der Waals surface area (Å²) in [6.07, 6.45) is 0. The maximum atomic E-state index is 2.63. The van der Waals surface area contributed by atoms with Crippen LogP contribution in [-0.2, 0) is 5.41 Å². The Bertz CT molecular complexity index is 3520. The number of para-hydroxylation sites is 2. The first-order chi connectivity index (χ1) is 36.6. The third kappa shape index (κ3) is 8.14. The molecule has 0 N–H and O–H groups in total. The van der Waals surface area contributed by atoms with E-state index in [1.165, 1.54) is 151 Å². The Labute approximate surface area is 461 Å². The van der Waals surface area contributed by atoms with E-state index in [1.54, 1.807) is 0 Å². The lowest BCUT2D eigenvalue weighted by Gasteiger charge is -2.47. The summed E-state index contributed by atoms with van der Waals surface area (Å²) in [5.74, 6) is 0. The predicted molar refractivity (Wildman–Crippen MR) is 332 cm³/mol. The van der Waals surface area contributed by atoms with Crippen LogP contribution in [0.15, 0.2) is 133 Å². The number of nitrogens with zero attached hydrogens (tertiary/aromatic N) is 3. The average Bonchev–Trinajstić information content (AvgIpc) is 3.44. The molecule has 3 nitrogen and oxygen atoms in total. The highest BCUT2D eigenvalue weighted by Crippen LogP contribution is 2.59. The number of hydrogen-bond acceptors (Lipinski definition) is 3. The molecule has 0 atom stereocenters. The molecule has 0 spiro atoms. The molecule has 390 valence electrons. The first kappa shape index (κ1) is 52.8. The Hall–Kier alpha value is -7.62. The Morgan fingerprint density at radius 2 is 0.597 bits per heavy atom. The molecule has 1 aliphatic heterocycles. The van der Waals surface area contributed by atoms with E-state index in [4.69, 9.17) is 0 Å². The normalized spacial score (nSPS) is 12.7. The van der Waals surface area contributed by atoms with Gasteiger partial charge in [-0.3, -0.25) is 0 Å². The maximum absolute atomic E-state index is 2.63. The molecule has 0 fully saturated rings. The van der Waals surface area contributed by atoms with Gasteiger partial charge in [-0.1, -0.05) is 90.5 Å². The number of hydrogen-bond donors (Lipinski definition) is 0. The minimum absolute atomic E-state index is 0.802. The molecule has 0 amide bonds. The highest BCUT2D eigenvalue weighted by Gasteiger charge is 2.47. The van der Waals surface area contributed by atoms with E-state index in [1.807, 2.05) is 0 Å². The summed E-state index contributed by atoms with van der Waals surface area (Å²) in [5.41, 5.74) is 39.7.